The van der Waals surface area contributed by atoms with Crippen molar-refractivity contribution in [2.45, 2.75) is 31.9 Å². The number of rotatable bonds is 2. The van der Waals surface area contributed by atoms with Crippen molar-refractivity contribution in [2.75, 3.05) is 0 Å². The van der Waals surface area contributed by atoms with Crippen LogP contribution in [0, 0.1) is 0 Å². The van der Waals surface area contributed by atoms with Crippen LogP contribution in [0.25, 0.3) is 0 Å². The van der Waals surface area contributed by atoms with Gasteiger partial charge in [-0.05, 0) is 20.3 Å². The van der Waals surface area contributed by atoms with Crippen molar-refractivity contribution in [3.63, 3.8) is 0 Å². The van der Waals surface area contributed by atoms with E-state index in [1.54, 1.807) is 0 Å². The molecular formula is C5H13NS. The first kappa shape index (κ1) is 7.31. The number of hydrogen-bond donors (Lipinski definition) is 1. The summed E-state index contributed by atoms with van der Waals surface area (Å²) >= 11 is 1.43. The zero-order chi connectivity index (χ0) is 5.91. The van der Waals surface area contributed by atoms with Crippen LogP contribution in [0.3, 0.4) is 0 Å². The van der Waals surface area contributed by atoms with Crippen molar-refractivity contribution >= 4 is 11.9 Å². The first-order valence-corrected chi connectivity index (χ1v) is 3.38. The monoisotopic (exact) mass is 119 g/mol. The lowest BCUT2D eigenvalue weighted by Gasteiger charge is -2.17. The van der Waals surface area contributed by atoms with Gasteiger partial charge in [-0.2, -0.15) is 0 Å². The molecule has 1 nitrogen and oxygen atoms in total. The van der Waals surface area contributed by atoms with Gasteiger partial charge in [-0.25, -0.2) is 0 Å². The molecule has 0 bridgehead atoms. The summed E-state index contributed by atoms with van der Waals surface area (Å²) in [6.45, 7) is 6.41. The van der Waals surface area contributed by atoms with Crippen LogP contribution in [-0.2, 0) is 0 Å². The Bertz CT molecular complexity index is 46.0. The van der Waals surface area contributed by atoms with Gasteiger partial charge in [-0.1, -0.05) is 18.9 Å². The Kier molecular flexibility index (Phi) is 2.69. The lowest BCUT2D eigenvalue weighted by molar-refractivity contribution is 0.685. The van der Waals surface area contributed by atoms with Gasteiger partial charge in [0, 0.05) is 4.75 Å². The smallest absolute Gasteiger partial charge is 0.0243 e. The van der Waals surface area contributed by atoms with E-state index >= 15 is 0 Å². The Morgan fingerprint density at radius 3 is 2.00 bits per heavy atom. The van der Waals surface area contributed by atoms with Crippen molar-refractivity contribution in [1.82, 2.24) is 0 Å². The van der Waals surface area contributed by atoms with E-state index in [0.717, 1.165) is 6.42 Å². The summed E-state index contributed by atoms with van der Waals surface area (Å²) in [4.78, 5) is 0. The average molecular weight is 119 g/mol. The molecule has 0 aromatic carbocycles. The van der Waals surface area contributed by atoms with Crippen molar-refractivity contribution in [1.29, 1.82) is 0 Å². The van der Waals surface area contributed by atoms with E-state index in [2.05, 4.69) is 20.8 Å². The van der Waals surface area contributed by atoms with Crippen LogP contribution in [0.4, 0.5) is 0 Å². The Hall–Kier alpha value is 0.310. The summed E-state index contributed by atoms with van der Waals surface area (Å²) in [5, 5.41) is 5.33. The maximum absolute atomic E-state index is 5.33. The lowest BCUT2D eigenvalue weighted by Crippen LogP contribution is -2.14. The predicted octanol–water partition coefficient (Wildman–Crippen LogP) is 1.78. The quantitative estimate of drug-likeness (QED) is 0.561. The molecule has 7 heavy (non-hydrogen) atoms. The van der Waals surface area contributed by atoms with Gasteiger partial charge in [0.2, 0.25) is 0 Å². The summed E-state index contributed by atoms with van der Waals surface area (Å²) in [6, 6.07) is 0. The molecule has 0 aliphatic heterocycles. The Morgan fingerprint density at radius 1 is 1.57 bits per heavy atom. The summed E-state index contributed by atoms with van der Waals surface area (Å²) < 4.78 is 0.278. The molecule has 0 atom stereocenters. The molecular weight excluding hydrogens is 106 g/mol. The van der Waals surface area contributed by atoms with Crippen LogP contribution in [0.2, 0.25) is 0 Å². The molecule has 0 saturated carbocycles. The number of hydrogen-bond acceptors (Lipinski definition) is 2. The normalized spacial score (nSPS) is 12.0. The molecule has 2 N–H and O–H groups in total. The second kappa shape index (κ2) is 2.58. The maximum Gasteiger partial charge on any atom is 0.0243 e. The minimum absolute atomic E-state index is 0.278. The van der Waals surface area contributed by atoms with Gasteiger partial charge in [0.1, 0.15) is 0 Å². The molecule has 0 aliphatic carbocycles. The van der Waals surface area contributed by atoms with Crippen molar-refractivity contribution in [3.05, 3.63) is 0 Å². The Morgan fingerprint density at radius 2 is 2.00 bits per heavy atom. The number of nitrogens with two attached hydrogens (primary N) is 1. The highest BCUT2D eigenvalue weighted by molar-refractivity contribution is 7.98. The summed E-state index contributed by atoms with van der Waals surface area (Å²) in [5.74, 6) is 0. The van der Waals surface area contributed by atoms with Gasteiger partial charge >= 0.3 is 0 Å². The third-order valence-corrected chi connectivity index (χ3v) is 2.10. The van der Waals surface area contributed by atoms with Crippen LogP contribution in [0.5, 0.6) is 0 Å². The highest BCUT2D eigenvalue weighted by Gasteiger charge is 2.11. The zero-order valence-corrected chi connectivity index (χ0v) is 6.01. The van der Waals surface area contributed by atoms with E-state index < -0.39 is 0 Å². The van der Waals surface area contributed by atoms with Gasteiger partial charge in [0.05, 0.1) is 0 Å². The fraction of sp³-hybridized carbons (Fsp3) is 1.00. The van der Waals surface area contributed by atoms with Gasteiger partial charge < -0.3 is 0 Å². The highest BCUT2D eigenvalue weighted by atomic mass is 32.2. The van der Waals surface area contributed by atoms with E-state index in [4.69, 9.17) is 5.14 Å². The first-order chi connectivity index (χ1) is 3.12. The second-order valence-corrected chi connectivity index (χ2v) is 3.57. The molecule has 0 saturated heterocycles. The minimum Gasteiger partial charge on any atom is -0.277 e. The van der Waals surface area contributed by atoms with E-state index in [-0.39, 0.29) is 4.75 Å². The molecule has 44 valence electrons. The SMILES string of the molecule is CCC(C)(C)SN. The summed E-state index contributed by atoms with van der Waals surface area (Å²) in [5.41, 5.74) is 0. The molecule has 0 amide bonds. The molecule has 0 rings (SSSR count). The third kappa shape index (κ3) is 2.94. The fourth-order valence-electron chi connectivity index (χ4n) is 0.0833. The minimum atomic E-state index is 0.278. The van der Waals surface area contributed by atoms with E-state index in [1.807, 2.05) is 0 Å². The molecule has 0 aromatic rings. The first-order valence-electron chi connectivity index (χ1n) is 2.50. The van der Waals surface area contributed by atoms with Gasteiger partial charge in [-0.3, -0.25) is 5.14 Å². The van der Waals surface area contributed by atoms with E-state index in [1.165, 1.54) is 11.9 Å². The zero-order valence-electron chi connectivity index (χ0n) is 5.19. The molecule has 0 spiro atoms. The third-order valence-electron chi connectivity index (χ3n) is 1.17. The predicted molar refractivity (Wildman–Crippen MR) is 36.1 cm³/mol. The largest absolute Gasteiger partial charge is 0.277 e. The molecule has 0 unspecified atom stereocenters. The Balaban J connectivity index is 3.36. The standard InChI is InChI=1S/C5H13NS/c1-4-5(2,3)7-6/h4,6H2,1-3H3. The maximum atomic E-state index is 5.33. The molecule has 0 radical (unpaired) electrons. The van der Waals surface area contributed by atoms with Gasteiger partial charge in [-0.15, -0.1) is 0 Å². The van der Waals surface area contributed by atoms with E-state index in [9.17, 15) is 0 Å². The second-order valence-electron chi connectivity index (χ2n) is 2.23. The molecule has 0 fully saturated rings. The van der Waals surface area contributed by atoms with Crippen LogP contribution in [0.1, 0.15) is 27.2 Å². The Labute approximate surface area is 49.8 Å². The van der Waals surface area contributed by atoms with Gasteiger partial charge in [0.15, 0.2) is 0 Å². The molecule has 2 heteroatoms. The van der Waals surface area contributed by atoms with Crippen LogP contribution in [0.15, 0.2) is 0 Å². The fourth-order valence-corrected chi connectivity index (χ4v) is 0.250. The topological polar surface area (TPSA) is 26.0 Å². The van der Waals surface area contributed by atoms with Crippen molar-refractivity contribution in [2.24, 2.45) is 5.14 Å². The van der Waals surface area contributed by atoms with Crippen LogP contribution in [-0.4, -0.2) is 4.75 Å². The highest BCUT2D eigenvalue weighted by Crippen LogP contribution is 2.21. The van der Waals surface area contributed by atoms with Crippen LogP contribution >= 0.6 is 11.9 Å². The summed E-state index contributed by atoms with van der Waals surface area (Å²) in [6.07, 6.45) is 1.13. The van der Waals surface area contributed by atoms with Gasteiger partial charge in [0.25, 0.3) is 0 Å². The average Bonchev–Trinajstić information content (AvgIpc) is 1.68. The lowest BCUT2D eigenvalue weighted by atomic mass is 10.1. The molecule has 0 aromatic heterocycles. The molecule has 0 aliphatic rings. The summed E-state index contributed by atoms with van der Waals surface area (Å²) in [7, 11) is 0. The van der Waals surface area contributed by atoms with E-state index in [0.29, 0.717) is 0 Å². The van der Waals surface area contributed by atoms with Crippen molar-refractivity contribution < 1.29 is 0 Å². The van der Waals surface area contributed by atoms with Crippen LogP contribution < -0.4 is 5.14 Å². The van der Waals surface area contributed by atoms with Crippen molar-refractivity contribution in [3.8, 4) is 0 Å². The molecule has 0 heterocycles.